The van der Waals surface area contributed by atoms with Crippen LogP contribution in [0, 0.1) is 5.82 Å². The highest BCUT2D eigenvalue weighted by Gasteiger charge is 2.19. The van der Waals surface area contributed by atoms with Gasteiger partial charge in [-0.3, -0.25) is 14.8 Å². The van der Waals surface area contributed by atoms with Crippen molar-refractivity contribution in [1.29, 1.82) is 0 Å². The molecule has 0 fully saturated rings. The number of hydrogen-bond donors (Lipinski definition) is 2. The predicted molar refractivity (Wildman–Crippen MR) is 93.1 cm³/mol. The summed E-state index contributed by atoms with van der Waals surface area (Å²) < 4.78 is 15.8. The molecule has 0 aliphatic rings. The highest BCUT2D eigenvalue weighted by atomic mass is 35.5. The number of hydrogen-bond acceptors (Lipinski definition) is 5. The van der Waals surface area contributed by atoms with Crippen LogP contribution in [-0.4, -0.2) is 41.5 Å². The number of anilines is 1. The van der Waals surface area contributed by atoms with Crippen LogP contribution in [0.25, 0.3) is 0 Å². The summed E-state index contributed by atoms with van der Waals surface area (Å²) in [5, 5.41) is 19.6. The van der Waals surface area contributed by atoms with E-state index in [-0.39, 0.29) is 23.2 Å². The zero-order chi connectivity index (χ0) is 19.6. The Balaban J connectivity index is 1.65. The van der Waals surface area contributed by atoms with E-state index >= 15 is 0 Å². The van der Waals surface area contributed by atoms with E-state index in [4.69, 9.17) is 16.7 Å². The molecule has 0 radical (unpaired) electrons. The fourth-order valence-electron chi connectivity index (χ4n) is 2.26. The van der Waals surface area contributed by atoms with Crippen LogP contribution in [0.4, 0.5) is 10.3 Å². The van der Waals surface area contributed by atoms with E-state index < -0.39 is 23.7 Å². The number of benzene rings is 1. The van der Waals surface area contributed by atoms with Crippen molar-refractivity contribution >= 4 is 29.4 Å². The highest BCUT2D eigenvalue weighted by Crippen LogP contribution is 2.18. The molecule has 3 aromatic rings. The number of rotatable bonds is 6. The molecule has 1 aromatic carbocycles. The lowest BCUT2D eigenvalue weighted by molar-refractivity contribution is -0.119. The summed E-state index contributed by atoms with van der Waals surface area (Å²) in [4.78, 5) is 27.1. The van der Waals surface area contributed by atoms with E-state index in [9.17, 15) is 14.0 Å². The smallest absolute Gasteiger partial charge is 0.356 e. The van der Waals surface area contributed by atoms with E-state index in [2.05, 4.69) is 20.5 Å². The Bertz CT molecular complexity index is 1000. The summed E-state index contributed by atoms with van der Waals surface area (Å²) in [5.74, 6) is -2.02. The van der Waals surface area contributed by atoms with Crippen LogP contribution in [-0.2, 0) is 11.3 Å². The zero-order valence-electron chi connectivity index (χ0n) is 14.0. The quantitative estimate of drug-likeness (QED) is 0.664. The minimum absolute atomic E-state index is 0.0655. The van der Waals surface area contributed by atoms with Crippen molar-refractivity contribution < 1.29 is 19.1 Å². The molecule has 2 N–H and O–H groups in total. The molecule has 11 heteroatoms. The lowest BCUT2D eigenvalue weighted by atomic mass is 10.2. The molecule has 9 nitrogen and oxygen atoms in total. The molecule has 0 saturated carbocycles. The summed E-state index contributed by atoms with van der Waals surface area (Å²) in [6.45, 7) is 1.81. The number of carboxylic acids is 1. The van der Waals surface area contributed by atoms with E-state index in [1.165, 1.54) is 46.2 Å². The van der Waals surface area contributed by atoms with E-state index in [1.807, 2.05) is 0 Å². The van der Waals surface area contributed by atoms with Gasteiger partial charge in [0.1, 0.15) is 18.2 Å². The van der Waals surface area contributed by atoms with Crippen LogP contribution in [0.3, 0.4) is 0 Å². The Morgan fingerprint density at radius 3 is 2.78 bits per heavy atom. The van der Waals surface area contributed by atoms with Gasteiger partial charge in [-0.25, -0.2) is 18.9 Å². The fraction of sp³-hybridized carbons (Fsp3) is 0.188. The number of carbonyl (C=O) groups excluding carboxylic acids is 1. The van der Waals surface area contributed by atoms with Gasteiger partial charge in [-0.05, 0) is 30.7 Å². The molecule has 2 heterocycles. The largest absolute Gasteiger partial charge is 0.476 e. The molecule has 0 aliphatic carbocycles. The molecular formula is C16H14ClFN6O3. The normalized spacial score (nSPS) is 12.0. The van der Waals surface area contributed by atoms with Gasteiger partial charge in [-0.2, -0.15) is 5.10 Å². The van der Waals surface area contributed by atoms with Gasteiger partial charge >= 0.3 is 5.97 Å². The van der Waals surface area contributed by atoms with Gasteiger partial charge in [0.2, 0.25) is 5.95 Å². The van der Waals surface area contributed by atoms with Crippen LogP contribution in [0.1, 0.15) is 29.0 Å². The topological polar surface area (TPSA) is 115 Å². The van der Waals surface area contributed by atoms with Crippen LogP contribution in [0.15, 0.2) is 36.8 Å². The lowest BCUT2D eigenvalue weighted by Gasteiger charge is -2.10. The van der Waals surface area contributed by atoms with E-state index in [0.717, 1.165) is 0 Å². The van der Waals surface area contributed by atoms with Gasteiger partial charge in [0.15, 0.2) is 5.69 Å². The van der Waals surface area contributed by atoms with Gasteiger partial charge in [0, 0.05) is 11.2 Å². The van der Waals surface area contributed by atoms with Crippen LogP contribution < -0.4 is 5.32 Å². The van der Waals surface area contributed by atoms with Crippen molar-refractivity contribution in [1.82, 2.24) is 24.5 Å². The first kappa shape index (κ1) is 18.5. The molecule has 1 amide bonds. The Morgan fingerprint density at radius 1 is 1.33 bits per heavy atom. The number of nitrogens with zero attached hydrogens (tertiary/aromatic N) is 5. The Kier molecular flexibility index (Phi) is 5.17. The van der Waals surface area contributed by atoms with Gasteiger partial charge in [0.25, 0.3) is 5.91 Å². The number of halogens is 2. The zero-order valence-corrected chi connectivity index (χ0v) is 14.8. The lowest BCUT2D eigenvalue weighted by Crippen LogP contribution is -2.25. The number of nitrogens with one attached hydrogen (secondary N) is 1. The number of aromatic nitrogens is 5. The summed E-state index contributed by atoms with van der Waals surface area (Å²) in [5.41, 5.74) is 0.486. The average Bonchev–Trinajstić information content (AvgIpc) is 3.26. The minimum atomic E-state index is -1.18. The summed E-state index contributed by atoms with van der Waals surface area (Å²) in [6.07, 6.45) is 2.80. The number of carboxylic acid groups (broad SMARTS) is 1. The van der Waals surface area contributed by atoms with E-state index in [0.29, 0.717) is 5.56 Å². The Hall–Kier alpha value is -3.27. The first-order valence-electron chi connectivity index (χ1n) is 7.76. The molecule has 3 rings (SSSR count). The third kappa shape index (κ3) is 4.29. The maximum absolute atomic E-state index is 13.1. The molecule has 0 aliphatic heterocycles. The van der Waals surface area contributed by atoms with Gasteiger partial charge in [0.05, 0.1) is 6.54 Å². The van der Waals surface area contributed by atoms with E-state index in [1.54, 1.807) is 6.92 Å². The molecule has 2 aromatic heterocycles. The number of carbonyl (C=O) groups is 2. The summed E-state index contributed by atoms with van der Waals surface area (Å²) >= 11 is 5.98. The van der Waals surface area contributed by atoms with Crippen molar-refractivity contribution in [2.75, 3.05) is 5.32 Å². The molecule has 1 unspecified atom stereocenters. The fourth-order valence-corrected chi connectivity index (χ4v) is 2.48. The second-order valence-electron chi connectivity index (χ2n) is 5.65. The second-order valence-corrected chi connectivity index (χ2v) is 6.06. The average molecular weight is 393 g/mol. The molecular weight excluding hydrogens is 379 g/mol. The second kappa shape index (κ2) is 7.54. The summed E-state index contributed by atoms with van der Waals surface area (Å²) in [7, 11) is 0. The molecule has 27 heavy (non-hydrogen) atoms. The van der Waals surface area contributed by atoms with Gasteiger partial charge < -0.3 is 5.11 Å². The first-order valence-corrected chi connectivity index (χ1v) is 8.14. The van der Waals surface area contributed by atoms with Crippen LogP contribution in [0.5, 0.6) is 0 Å². The Labute approximate surface area is 157 Å². The minimum Gasteiger partial charge on any atom is -0.476 e. The number of aromatic carboxylic acids is 1. The predicted octanol–water partition coefficient (Wildman–Crippen LogP) is 2.21. The first-order chi connectivity index (χ1) is 12.8. The van der Waals surface area contributed by atoms with Gasteiger partial charge in [-0.1, -0.05) is 17.7 Å². The highest BCUT2D eigenvalue weighted by molar-refractivity contribution is 6.31. The molecule has 0 spiro atoms. The monoisotopic (exact) mass is 392 g/mol. The van der Waals surface area contributed by atoms with Crippen LogP contribution in [0.2, 0.25) is 5.02 Å². The third-order valence-corrected chi connectivity index (χ3v) is 4.07. The standard InChI is InChI=1S/C16H14ClFN6O3/c1-9(24-5-4-13(21-24)15(26)27)14(25)20-16-19-8-23(22-16)7-10-2-3-11(18)6-12(10)17/h2-6,8-9H,7H2,1H3,(H,26,27)(H,20,22,25). The van der Waals surface area contributed by atoms with Gasteiger partial charge in [-0.15, -0.1) is 5.10 Å². The maximum Gasteiger partial charge on any atom is 0.356 e. The molecule has 1 atom stereocenters. The van der Waals surface area contributed by atoms with Crippen molar-refractivity contribution in [3.05, 3.63) is 58.9 Å². The Morgan fingerprint density at radius 2 is 2.11 bits per heavy atom. The summed E-state index contributed by atoms with van der Waals surface area (Å²) in [6, 6.07) is 4.56. The molecule has 140 valence electrons. The van der Waals surface area contributed by atoms with Crippen molar-refractivity contribution in [2.24, 2.45) is 0 Å². The third-order valence-electron chi connectivity index (χ3n) is 3.72. The van der Waals surface area contributed by atoms with Crippen molar-refractivity contribution in [3.8, 4) is 0 Å². The van der Waals surface area contributed by atoms with Crippen LogP contribution >= 0.6 is 11.6 Å². The molecule has 0 bridgehead atoms. The maximum atomic E-state index is 13.1. The van der Waals surface area contributed by atoms with Crippen molar-refractivity contribution in [2.45, 2.75) is 19.5 Å². The molecule has 0 saturated heterocycles. The number of amides is 1. The SMILES string of the molecule is CC(C(=O)Nc1ncn(Cc2ccc(F)cc2Cl)n1)n1ccc(C(=O)O)n1. The van der Waals surface area contributed by atoms with Crippen molar-refractivity contribution in [3.63, 3.8) is 0 Å².